The third kappa shape index (κ3) is 2.87. The molecule has 8 nitrogen and oxygen atoms in total. The van der Waals surface area contributed by atoms with Crippen molar-refractivity contribution in [2.45, 2.75) is 26.1 Å². The summed E-state index contributed by atoms with van der Waals surface area (Å²) in [5.74, 6) is 0.737. The van der Waals surface area contributed by atoms with Gasteiger partial charge in [-0.2, -0.15) is 0 Å². The number of nitrogens with one attached hydrogen (secondary N) is 1. The molecule has 3 heterocycles. The number of amides is 1. The number of morpholine rings is 1. The van der Waals surface area contributed by atoms with Gasteiger partial charge in [0.05, 0.1) is 25.1 Å². The van der Waals surface area contributed by atoms with E-state index in [0.29, 0.717) is 24.6 Å². The van der Waals surface area contributed by atoms with Gasteiger partial charge in [0.25, 0.3) is 0 Å². The Bertz CT molecular complexity index is 662. The number of imidazole rings is 1. The minimum Gasteiger partial charge on any atom is -0.372 e. The van der Waals surface area contributed by atoms with Crippen LogP contribution in [0.5, 0.6) is 0 Å². The number of rotatable bonds is 3. The van der Waals surface area contributed by atoms with E-state index in [-0.39, 0.29) is 24.7 Å². The van der Waals surface area contributed by atoms with Crippen LogP contribution in [0.25, 0.3) is 11.2 Å². The molecular formula is C14H20N6O2. The third-order valence-electron chi connectivity index (χ3n) is 3.71. The van der Waals surface area contributed by atoms with Crippen LogP contribution in [0.4, 0.5) is 5.82 Å². The van der Waals surface area contributed by atoms with E-state index in [1.165, 1.54) is 6.33 Å². The Kier molecular flexibility index (Phi) is 3.93. The smallest absolute Gasteiger partial charge is 0.242 e. The lowest BCUT2D eigenvalue weighted by molar-refractivity contribution is -0.141. The molecule has 0 spiro atoms. The SMILES string of the molecule is C[C@H]1CN(C(=O)CN(C)c2ncnc3nc[nH]c23)C[C@H](C)O1. The summed E-state index contributed by atoms with van der Waals surface area (Å²) in [5, 5.41) is 0. The molecule has 1 amide bonds. The summed E-state index contributed by atoms with van der Waals surface area (Å²) < 4.78 is 5.66. The Labute approximate surface area is 128 Å². The van der Waals surface area contributed by atoms with Gasteiger partial charge >= 0.3 is 0 Å². The van der Waals surface area contributed by atoms with Crippen molar-refractivity contribution in [3.05, 3.63) is 12.7 Å². The van der Waals surface area contributed by atoms with Gasteiger partial charge < -0.3 is 19.5 Å². The summed E-state index contributed by atoms with van der Waals surface area (Å²) in [6.45, 7) is 5.47. The van der Waals surface area contributed by atoms with Crippen molar-refractivity contribution in [2.75, 3.05) is 31.6 Å². The number of hydrogen-bond donors (Lipinski definition) is 1. The van der Waals surface area contributed by atoms with Crippen LogP contribution in [0.15, 0.2) is 12.7 Å². The number of ether oxygens (including phenoxy) is 1. The van der Waals surface area contributed by atoms with Gasteiger partial charge in [0.2, 0.25) is 5.91 Å². The lowest BCUT2D eigenvalue weighted by atomic mass is 10.2. The van der Waals surface area contributed by atoms with E-state index in [1.807, 2.05) is 30.7 Å². The molecule has 0 bridgehead atoms. The van der Waals surface area contributed by atoms with Crippen molar-refractivity contribution in [3.63, 3.8) is 0 Å². The van der Waals surface area contributed by atoms with Crippen molar-refractivity contribution in [1.29, 1.82) is 0 Å². The monoisotopic (exact) mass is 304 g/mol. The first kappa shape index (κ1) is 14.7. The number of aromatic amines is 1. The molecule has 1 saturated heterocycles. The molecular weight excluding hydrogens is 284 g/mol. The molecule has 2 aromatic heterocycles. The van der Waals surface area contributed by atoms with Crippen LogP contribution in [-0.2, 0) is 9.53 Å². The first-order chi connectivity index (χ1) is 10.5. The van der Waals surface area contributed by atoms with E-state index < -0.39 is 0 Å². The van der Waals surface area contributed by atoms with E-state index >= 15 is 0 Å². The molecule has 0 aliphatic carbocycles. The predicted octanol–water partition coefficient (Wildman–Crippen LogP) is 0.425. The summed E-state index contributed by atoms with van der Waals surface area (Å²) in [5.41, 5.74) is 1.33. The average molecular weight is 304 g/mol. The molecule has 1 N–H and O–H groups in total. The van der Waals surface area contributed by atoms with Crippen LogP contribution in [0.3, 0.4) is 0 Å². The first-order valence-electron chi connectivity index (χ1n) is 7.33. The number of nitrogens with zero attached hydrogens (tertiary/aromatic N) is 5. The van der Waals surface area contributed by atoms with Crippen LogP contribution in [0.2, 0.25) is 0 Å². The summed E-state index contributed by atoms with van der Waals surface area (Å²) >= 11 is 0. The molecule has 2 aromatic rings. The van der Waals surface area contributed by atoms with Crippen molar-refractivity contribution < 1.29 is 9.53 Å². The van der Waals surface area contributed by atoms with Gasteiger partial charge in [-0.1, -0.05) is 0 Å². The summed E-state index contributed by atoms with van der Waals surface area (Å²) in [6.07, 6.45) is 3.16. The number of fused-ring (bicyclic) bond motifs is 1. The number of likely N-dealkylation sites (N-methyl/N-ethyl adjacent to an activating group) is 1. The van der Waals surface area contributed by atoms with Crippen molar-refractivity contribution in [3.8, 4) is 0 Å². The summed E-state index contributed by atoms with van der Waals surface area (Å²) in [4.78, 5) is 31.6. The maximum Gasteiger partial charge on any atom is 0.242 e. The van der Waals surface area contributed by atoms with Crippen LogP contribution in [-0.4, -0.2) is 69.6 Å². The van der Waals surface area contributed by atoms with Crippen LogP contribution >= 0.6 is 0 Å². The van der Waals surface area contributed by atoms with Crippen LogP contribution in [0.1, 0.15) is 13.8 Å². The second kappa shape index (κ2) is 5.88. The van der Waals surface area contributed by atoms with Crippen LogP contribution < -0.4 is 4.90 Å². The number of H-pyrrole nitrogens is 1. The Morgan fingerprint density at radius 3 is 2.82 bits per heavy atom. The number of hydrogen-bond acceptors (Lipinski definition) is 6. The van der Waals surface area contributed by atoms with Crippen molar-refractivity contribution in [1.82, 2.24) is 24.8 Å². The molecule has 0 unspecified atom stereocenters. The highest BCUT2D eigenvalue weighted by atomic mass is 16.5. The second-order valence-corrected chi connectivity index (χ2v) is 5.71. The second-order valence-electron chi connectivity index (χ2n) is 5.71. The Balaban J connectivity index is 1.72. The minimum atomic E-state index is 0.0655. The molecule has 118 valence electrons. The van der Waals surface area contributed by atoms with E-state index in [4.69, 9.17) is 4.74 Å². The third-order valence-corrected chi connectivity index (χ3v) is 3.71. The lowest BCUT2D eigenvalue weighted by Gasteiger charge is -2.36. The number of carbonyl (C=O) groups is 1. The molecule has 1 aliphatic rings. The zero-order valence-electron chi connectivity index (χ0n) is 13.0. The maximum absolute atomic E-state index is 12.5. The molecule has 0 aromatic carbocycles. The van der Waals surface area contributed by atoms with Gasteiger partial charge in [-0.15, -0.1) is 0 Å². The zero-order valence-corrected chi connectivity index (χ0v) is 13.0. The molecule has 22 heavy (non-hydrogen) atoms. The van der Waals surface area contributed by atoms with Gasteiger partial charge in [-0.25, -0.2) is 15.0 Å². The maximum atomic E-state index is 12.5. The number of anilines is 1. The molecule has 0 radical (unpaired) electrons. The largest absolute Gasteiger partial charge is 0.372 e. The van der Waals surface area contributed by atoms with Gasteiger partial charge in [-0.3, -0.25) is 4.79 Å². The highest BCUT2D eigenvalue weighted by Crippen LogP contribution is 2.18. The number of aromatic nitrogens is 4. The molecule has 0 saturated carbocycles. The fraction of sp³-hybridized carbons (Fsp3) is 0.571. The van der Waals surface area contributed by atoms with E-state index in [9.17, 15) is 4.79 Å². The van der Waals surface area contributed by atoms with E-state index in [2.05, 4.69) is 19.9 Å². The summed E-state index contributed by atoms with van der Waals surface area (Å²) in [6, 6.07) is 0. The molecule has 1 fully saturated rings. The number of carbonyl (C=O) groups excluding carboxylic acids is 1. The van der Waals surface area contributed by atoms with Crippen LogP contribution in [0, 0.1) is 0 Å². The standard InChI is InChI=1S/C14H20N6O2/c1-9-4-20(5-10(2)22-9)11(21)6-19(3)14-12-13(16-7-15-12)17-8-18-14/h7-10H,4-6H2,1-3H3,(H,15,16,17,18)/t9-,10-/m0/s1. The summed E-state index contributed by atoms with van der Waals surface area (Å²) in [7, 11) is 1.84. The molecule has 3 rings (SSSR count). The fourth-order valence-electron chi connectivity index (χ4n) is 2.80. The Morgan fingerprint density at radius 1 is 1.36 bits per heavy atom. The predicted molar refractivity (Wildman–Crippen MR) is 81.5 cm³/mol. The minimum absolute atomic E-state index is 0.0655. The van der Waals surface area contributed by atoms with Gasteiger partial charge in [0.1, 0.15) is 11.8 Å². The fourth-order valence-corrected chi connectivity index (χ4v) is 2.80. The van der Waals surface area contributed by atoms with E-state index in [0.717, 1.165) is 5.52 Å². The topological polar surface area (TPSA) is 87.2 Å². The first-order valence-corrected chi connectivity index (χ1v) is 7.33. The van der Waals surface area contributed by atoms with E-state index in [1.54, 1.807) is 6.33 Å². The molecule has 1 aliphatic heterocycles. The van der Waals surface area contributed by atoms with Crippen molar-refractivity contribution >= 4 is 22.9 Å². The van der Waals surface area contributed by atoms with Gasteiger partial charge in [0, 0.05) is 20.1 Å². The normalized spacial score (nSPS) is 22.0. The molecule has 8 heteroatoms. The van der Waals surface area contributed by atoms with Crippen molar-refractivity contribution in [2.24, 2.45) is 0 Å². The highest BCUT2D eigenvalue weighted by Gasteiger charge is 2.26. The zero-order chi connectivity index (χ0) is 15.7. The Morgan fingerprint density at radius 2 is 2.09 bits per heavy atom. The molecule has 2 atom stereocenters. The van der Waals surface area contributed by atoms with Gasteiger partial charge in [-0.05, 0) is 13.8 Å². The highest BCUT2D eigenvalue weighted by molar-refractivity contribution is 5.87. The Hall–Kier alpha value is -2.22. The quantitative estimate of drug-likeness (QED) is 0.884. The lowest BCUT2D eigenvalue weighted by Crippen LogP contribution is -2.50. The van der Waals surface area contributed by atoms with Gasteiger partial charge in [0.15, 0.2) is 11.5 Å². The average Bonchev–Trinajstić information content (AvgIpc) is 2.94.